The lowest BCUT2D eigenvalue weighted by atomic mass is 10.1. The molecule has 0 saturated heterocycles. The molecule has 6 nitrogen and oxygen atoms in total. The molecule has 7 heteroatoms. The van der Waals surface area contributed by atoms with E-state index in [1.165, 1.54) is 0 Å². The van der Waals surface area contributed by atoms with Crippen LogP contribution < -0.4 is 5.32 Å². The number of likely N-dealkylation sites (N-methyl/N-ethyl adjacent to an activating group) is 1. The molecule has 0 spiro atoms. The minimum atomic E-state index is -3.43. The molecule has 1 atom stereocenters. The monoisotopic (exact) mass is 328 g/mol. The predicted octanol–water partition coefficient (Wildman–Crippen LogP) is 1.36. The summed E-state index contributed by atoms with van der Waals surface area (Å²) < 4.78 is 28.4. The van der Waals surface area contributed by atoms with Crippen molar-refractivity contribution >= 4 is 15.7 Å². The van der Waals surface area contributed by atoms with Gasteiger partial charge in [-0.25, -0.2) is 8.42 Å². The lowest BCUT2D eigenvalue weighted by Crippen LogP contribution is -2.51. The van der Waals surface area contributed by atoms with Gasteiger partial charge in [0.05, 0.1) is 12.3 Å². The van der Waals surface area contributed by atoms with E-state index < -0.39 is 14.6 Å². The van der Waals surface area contributed by atoms with Gasteiger partial charge < -0.3 is 9.73 Å². The number of carbonyl (C=O) groups excluding carboxylic acids is 1. The summed E-state index contributed by atoms with van der Waals surface area (Å²) in [7, 11) is 0.346. The topological polar surface area (TPSA) is 79.6 Å². The first kappa shape index (κ1) is 17.0. The first-order valence-corrected chi connectivity index (χ1v) is 9.35. The summed E-state index contributed by atoms with van der Waals surface area (Å²) in [6, 6.07) is 3.51. The Labute approximate surface area is 131 Å². The Morgan fingerprint density at radius 1 is 1.41 bits per heavy atom. The number of hydrogen-bond acceptors (Lipinski definition) is 5. The molecular weight excluding hydrogens is 304 g/mol. The highest BCUT2D eigenvalue weighted by atomic mass is 32.2. The zero-order valence-electron chi connectivity index (χ0n) is 13.3. The lowest BCUT2D eigenvalue weighted by Gasteiger charge is -2.28. The van der Waals surface area contributed by atoms with Gasteiger partial charge in [0.25, 0.3) is 0 Å². The second kappa shape index (κ2) is 6.42. The number of rotatable bonds is 6. The zero-order chi connectivity index (χ0) is 16.4. The fraction of sp³-hybridized carbons (Fsp3) is 0.667. The second-order valence-electron chi connectivity index (χ2n) is 6.18. The third kappa shape index (κ3) is 3.20. The zero-order valence-corrected chi connectivity index (χ0v) is 14.1. The quantitative estimate of drug-likeness (QED) is 0.853. The molecule has 1 aliphatic rings. The van der Waals surface area contributed by atoms with Crippen LogP contribution in [0.25, 0.3) is 0 Å². The molecule has 1 N–H and O–H groups in total. The van der Waals surface area contributed by atoms with Crippen molar-refractivity contribution in [2.24, 2.45) is 0 Å². The first-order chi connectivity index (χ1) is 10.3. The third-order valence-electron chi connectivity index (χ3n) is 4.49. The van der Waals surface area contributed by atoms with Crippen molar-refractivity contribution in [1.82, 2.24) is 10.2 Å². The van der Waals surface area contributed by atoms with E-state index in [4.69, 9.17) is 4.42 Å². The highest BCUT2D eigenvalue weighted by Crippen LogP contribution is 2.36. The summed E-state index contributed by atoms with van der Waals surface area (Å²) in [5, 5.41) is 2.82. The van der Waals surface area contributed by atoms with Gasteiger partial charge in [-0.15, -0.1) is 0 Å². The lowest BCUT2D eigenvalue weighted by molar-refractivity contribution is -0.123. The van der Waals surface area contributed by atoms with E-state index in [0.717, 1.165) is 24.9 Å². The molecule has 124 valence electrons. The number of hydrogen-bond donors (Lipinski definition) is 1. The van der Waals surface area contributed by atoms with Gasteiger partial charge in [0.2, 0.25) is 5.91 Å². The number of amides is 1. The van der Waals surface area contributed by atoms with Crippen LogP contribution >= 0.6 is 0 Å². The van der Waals surface area contributed by atoms with Gasteiger partial charge in [0, 0.05) is 12.8 Å². The largest absolute Gasteiger partial charge is 0.468 e. The van der Waals surface area contributed by atoms with Gasteiger partial charge in [-0.3, -0.25) is 9.69 Å². The number of furan rings is 1. The molecule has 1 amide bonds. The molecule has 1 fully saturated rings. The van der Waals surface area contributed by atoms with E-state index in [1.54, 1.807) is 12.3 Å². The van der Waals surface area contributed by atoms with Gasteiger partial charge >= 0.3 is 0 Å². The maximum atomic E-state index is 12.6. The van der Waals surface area contributed by atoms with Crippen molar-refractivity contribution in [2.75, 3.05) is 26.9 Å². The molecule has 1 heterocycles. The van der Waals surface area contributed by atoms with E-state index in [2.05, 4.69) is 5.32 Å². The molecule has 0 bridgehead atoms. The van der Waals surface area contributed by atoms with Crippen LogP contribution in [0, 0.1) is 0 Å². The minimum absolute atomic E-state index is 0.128. The Balaban J connectivity index is 2.11. The van der Waals surface area contributed by atoms with E-state index in [9.17, 15) is 13.2 Å². The maximum Gasteiger partial charge on any atom is 0.241 e. The normalized spacial score (nSPS) is 19.3. The van der Waals surface area contributed by atoms with Crippen LogP contribution in [0.5, 0.6) is 0 Å². The Morgan fingerprint density at radius 2 is 2.05 bits per heavy atom. The summed E-state index contributed by atoms with van der Waals surface area (Å²) in [5.41, 5.74) is 0. The second-order valence-corrected chi connectivity index (χ2v) is 8.50. The number of nitrogens with one attached hydrogen (secondary N) is 1. The fourth-order valence-electron chi connectivity index (χ4n) is 3.08. The maximum absolute atomic E-state index is 12.6. The van der Waals surface area contributed by atoms with Crippen LogP contribution in [0.15, 0.2) is 22.8 Å². The van der Waals surface area contributed by atoms with Gasteiger partial charge in [-0.05, 0) is 39.1 Å². The molecule has 1 aliphatic carbocycles. The van der Waals surface area contributed by atoms with Gasteiger partial charge in [0.1, 0.15) is 10.5 Å². The van der Waals surface area contributed by atoms with Crippen molar-refractivity contribution in [3.8, 4) is 0 Å². The fourth-order valence-corrected chi connectivity index (χ4v) is 4.52. The van der Waals surface area contributed by atoms with Crippen LogP contribution in [0.3, 0.4) is 0 Å². The number of nitrogens with zero attached hydrogens (tertiary/aromatic N) is 1. The smallest absolute Gasteiger partial charge is 0.241 e. The summed E-state index contributed by atoms with van der Waals surface area (Å²) in [6.45, 7) is 0.316. The van der Waals surface area contributed by atoms with E-state index in [1.807, 2.05) is 25.1 Å². The van der Waals surface area contributed by atoms with Crippen molar-refractivity contribution in [2.45, 2.75) is 36.5 Å². The van der Waals surface area contributed by atoms with Crippen LogP contribution in [-0.2, 0) is 14.6 Å². The van der Waals surface area contributed by atoms with Gasteiger partial charge in [0.15, 0.2) is 9.84 Å². The van der Waals surface area contributed by atoms with Crippen LogP contribution in [0.2, 0.25) is 0 Å². The highest BCUT2D eigenvalue weighted by Gasteiger charge is 2.49. The molecule has 0 unspecified atom stereocenters. The molecule has 0 radical (unpaired) electrons. The van der Waals surface area contributed by atoms with Crippen molar-refractivity contribution in [1.29, 1.82) is 0 Å². The summed E-state index contributed by atoms with van der Waals surface area (Å²) in [5.74, 6) is 0.357. The van der Waals surface area contributed by atoms with E-state index in [0.29, 0.717) is 19.4 Å². The average molecular weight is 328 g/mol. The third-order valence-corrected chi connectivity index (χ3v) is 6.50. The van der Waals surface area contributed by atoms with Crippen molar-refractivity contribution in [3.63, 3.8) is 0 Å². The number of carbonyl (C=O) groups is 1. The molecule has 1 saturated carbocycles. The Morgan fingerprint density at radius 3 is 2.50 bits per heavy atom. The van der Waals surface area contributed by atoms with Crippen LogP contribution in [0.4, 0.5) is 0 Å². The Hall–Kier alpha value is -1.34. The standard InChI is InChI=1S/C15H24N2O4S/c1-17(2)12(13-7-6-10-21-13)11-16-14(18)15(22(3,19)20)8-4-5-9-15/h6-7,10,12H,4-5,8-9,11H2,1-3H3,(H,16,18)/t12-/m0/s1. The summed E-state index contributed by atoms with van der Waals surface area (Å²) in [4.78, 5) is 14.5. The van der Waals surface area contributed by atoms with E-state index >= 15 is 0 Å². The molecule has 1 aromatic heterocycles. The summed E-state index contributed by atoms with van der Waals surface area (Å²) in [6.07, 6.45) is 5.11. The highest BCUT2D eigenvalue weighted by molar-refractivity contribution is 7.92. The Kier molecular flexibility index (Phi) is 4.97. The molecule has 22 heavy (non-hydrogen) atoms. The predicted molar refractivity (Wildman–Crippen MR) is 84.2 cm³/mol. The molecule has 0 aliphatic heterocycles. The molecule has 0 aromatic carbocycles. The molecular formula is C15H24N2O4S. The molecule has 2 rings (SSSR count). The average Bonchev–Trinajstić information content (AvgIpc) is 3.09. The van der Waals surface area contributed by atoms with Gasteiger partial charge in [-0.1, -0.05) is 12.8 Å². The first-order valence-electron chi connectivity index (χ1n) is 7.46. The van der Waals surface area contributed by atoms with Crippen molar-refractivity contribution in [3.05, 3.63) is 24.2 Å². The Bertz CT molecular complexity index is 601. The SMILES string of the molecule is CN(C)[C@@H](CNC(=O)C1(S(C)(=O)=O)CCCC1)c1ccco1. The summed E-state index contributed by atoms with van der Waals surface area (Å²) >= 11 is 0. The van der Waals surface area contributed by atoms with Crippen LogP contribution in [0.1, 0.15) is 37.5 Å². The van der Waals surface area contributed by atoms with Gasteiger partial charge in [-0.2, -0.15) is 0 Å². The minimum Gasteiger partial charge on any atom is -0.468 e. The number of sulfone groups is 1. The molecule has 1 aromatic rings. The van der Waals surface area contributed by atoms with Crippen molar-refractivity contribution < 1.29 is 17.6 Å². The van der Waals surface area contributed by atoms with E-state index in [-0.39, 0.29) is 11.9 Å². The van der Waals surface area contributed by atoms with Crippen LogP contribution in [-0.4, -0.2) is 50.9 Å².